The maximum Gasteiger partial charge on any atom is 0.334 e. The fourth-order valence-corrected chi connectivity index (χ4v) is 0.405. The number of ether oxygens (including phenoxy) is 1. The summed E-state index contributed by atoms with van der Waals surface area (Å²) in [5.74, 6) is -0.528. The lowest BCUT2D eigenvalue weighted by Crippen LogP contribution is -2.21. The Bertz CT molecular complexity index is 90.3. The first-order valence-electron chi connectivity index (χ1n) is 3.07. The monoisotopic (exact) mass is 132 g/mol. The van der Waals surface area contributed by atoms with Gasteiger partial charge in [-0.2, -0.15) is 0 Å². The number of rotatable bonds is 3. The third kappa shape index (κ3) is 3.08. The van der Waals surface area contributed by atoms with Crippen LogP contribution in [0.1, 0.15) is 20.3 Å². The molecule has 1 atom stereocenters. The second-order valence-corrected chi connectivity index (χ2v) is 1.68. The molecule has 3 heteroatoms. The van der Waals surface area contributed by atoms with E-state index in [9.17, 15) is 4.79 Å². The summed E-state index contributed by atoms with van der Waals surface area (Å²) in [7, 11) is 0. The summed E-state index contributed by atoms with van der Waals surface area (Å²) >= 11 is 0. The number of aliphatic hydroxyl groups is 1. The Morgan fingerprint density at radius 1 is 1.67 bits per heavy atom. The van der Waals surface area contributed by atoms with Crippen molar-refractivity contribution in [2.45, 2.75) is 26.4 Å². The summed E-state index contributed by atoms with van der Waals surface area (Å²) in [6.45, 7) is 3.76. The molecule has 0 spiro atoms. The van der Waals surface area contributed by atoms with Crippen LogP contribution in [-0.2, 0) is 9.53 Å². The lowest BCUT2D eigenvalue weighted by atomic mass is 10.3. The molecular formula is C6H12O3. The van der Waals surface area contributed by atoms with E-state index in [4.69, 9.17) is 5.11 Å². The highest BCUT2D eigenvalue weighted by Crippen LogP contribution is 1.92. The van der Waals surface area contributed by atoms with Crippen LogP contribution in [0.15, 0.2) is 0 Å². The van der Waals surface area contributed by atoms with Gasteiger partial charge in [0, 0.05) is 0 Å². The van der Waals surface area contributed by atoms with E-state index >= 15 is 0 Å². The summed E-state index contributed by atoms with van der Waals surface area (Å²) in [5.41, 5.74) is 0. The van der Waals surface area contributed by atoms with E-state index < -0.39 is 12.1 Å². The average Bonchev–Trinajstić information content (AvgIpc) is 1.87. The van der Waals surface area contributed by atoms with E-state index in [0.29, 0.717) is 13.0 Å². The Morgan fingerprint density at radius 3 is 2.56 bits per heavy atom. The predicted molar refractivity (Wildman–Crippen MR) is 32.9 cm³/mol. The van der Waals surface area contributed by atoms with Crippen molar-refractivity contribution in [3.63, 3.8) is 0 Å². The van der Waals surface area contributed by atoms with Gasteiger partial charge in [-0.3, -0.25) is 0 Å². The van der Waals surface area contributed by atoms with Gasteiger partial charge < -0.3 is 9.84 Å². The summed E-state index contributed by atoms with van der Waals surface area (Å²) < 4.78 is 4.51. The second-order valence-electron chi connectivity index (χ2n) is 1.68. The molecule has 0 aromatic carbocycles. The molecule has 3 nitrogen and oxygen atoms in total. The summed E-state index contributed by atoms with van der Waals surface area (Å²) in [6, 6.07) is 0. The highest BCUT2D eigenvalue weighted by molar-refractivity contribution is 5.74. The van der Waals surface area contributed by atoms with Gasteiger partial charge in [-0.25, -0.2) is 4.79 Å². The fourth-order valence-electron chi connectivity index (χ4n) is 0.405. The van der Waals surface area contributed by atoms with Gasteiger partial charge in [-0.15, -0.1) is 0 Å². The number of esters is 1. The maximum absolute atomic E-state index is 10.5. The largest absolute Gasteiger partial charge is 0.464 e. The zero-order valence-corrected chi connectivity index (χ0v) is 5.76. The minimum Gasteiger partial charge on any atom is -0.464 e. The highest BCUT2D eigenvalue weighted by atomic mass is 16.5. The normalized spacial score (nSPS) is 12.8. The van der Waals surface area contributed by atoms with Crippen molar-refractivity contribution < 1.29 is 14.6 Å². The van der Waals surface area contributed by atoms with E-state index in [1.165, 1.54) is 0 Å². The third-order valence-corrected chi connectivity index (χ3v) is 0.945. The number of hydrogen-bond acceptors (Lipinski definition) is 3. The Labute approximate surface area is 54.6 Å². The lowest BCUT2D eigenvalue weighted by molar-refractivity contribution is -0.153. The van der Waals surface area contributed by atoms with Gasteiger partial charge in [0.15, 0.2) is 6.10 Å². The lowest BCUT2D eigenvalue weighted by Gasteiger charge is -2.04. The quantitative estimate of drug-likeness (QED) is 0.562. The van der Waals surface area contributed by atoms with E-state index in [1.54, 1.807) is 13.8 Å². The minimum absolute atomic E-state index is 0.329. The molecule has 0 radical (unpaired) electrons. The first kappa shape index (κ1) is 8.43. The molecule has 9 heavy (non-hydrogen) atoms. The first-order valence-corrected chi connectivity index (χ1v) is 3.07. The molecule has 0 bridgehead atoms. The van der Waals surface area contributed by atoms with Crippen molar-refractivity contribution in [2.24, 2.45) is 0 Å². The predicted octanol–water partition coefficient (Wildman–Crippen LogP) is 0.320. The van der Waals surface area contributed by atoms with Gasteiger partial charge in [0.25, 0.3) is 0 Å². The Balaban J connectivity index is 3.46. The molecule has 0 aliphatic rings. The fraction of sp³-hybridized carbons (Fsp3) is 0.833. The molecule has 0 saturated carbocycles. The smallest absolute Gasteiger partial charge is 0.334 e. The van der Waals surface area contributed by atoms with Crippen LogP contribution in [0.5, 0.6) is 0 Å². The number of carbonyl (C=O) groups excluding carboxylic acids is 1. The van der Waals surface area contributed by atoms with Crippen molar-refractivity contribution in [3.05, 3.63) is 0 Å². The van der Waals surface area contributed by atoms with Gasteiger partial charge >= 0.3 is 5.97 Å². The molecule has 54 valence electrons. The molecule has 0 aromatic heterocycles. The molecule has 0 aromatic rings. The van der Waals surface area contributed by atoms with Crippen molar-refractivity contribution in [1.82, 2.24) is 0 Å². The van der Waals surface area contributed by atoms with E-state index in [2.05, 4.69) is 4.74 Å². The van der Waals surface area contributed by atoms with E-state index in [0.717, 1.165) is 0 Å². The Hall–Kier alpha value is -0.570. The molecule has 0 heterocycles. The Kier molecular flexibility index (Phi) is 4.05. The molecule has 0 amide bonds. The van der Waals surface area contributed by atoms with Gasteiger partial charge in [-0.05, 0) is 13.3 Å². The molecule has 0 saturated heterocycles. The zero-order valence-electron chi connectivity index (χ0n) is 5.76. The van der Waals surface area contributed by atoms with Crippen LogP contribution in [-0.4, -0.2) is 23.8 Å². The van der Waals surface area contributed by atoms with Gasteiger partial charge in [0.1, 0.15) is 0 Å². The zero-order chi connectivity index (χ0) is 7.28. The van der Waals surface area contributed by atoms with Crippen LogP contribution in [0.2, 0.25) is 0 Å². The average molecular weight is 132 g/mol. The highest BCUT2D eigenvalue weighted by Gasteiger charge is 2.11. The van der Waals surface area contributed by atoms with Crippen molar-refractivity contribution in [2.75, 3.05) is 6.61 Å². The van der Waals surface area contributed by atoms with Crippen molar-refractivity contribution >= 4 is 5.97 Å². The molecule has 0 aliphatic carbocycles. The minimum atomic E-state index is -0.940. The van der Waals surface area contributed by atoms with Crippen LogP contribution in [0.25, 0.3) is 0 Å². The number of carbonyl (C=O) groups is 1. The maximum atomic E-state index is 10.5. The number of hydrogen-bond donors (Lipinski definition) is 1. The molecule has 0 aliphatic heterocycles. The van der Waals surface area contributed by atoms with Gasteiger partial charge in [0.05, 0.1) is 6.61 Å². The van der Waals surface area contributed by atoms with Crippen molar-refractivity contribution in [3.8, 4) is 0 Å². The summed E-state index contributed by atoms with van der Waals surface area (Å²) in [4.78, 5) is 10.5. The Morgan fingerprint density at radius 2 is 2.22 bits per heavy atom. The first-order chi connectivity index (χ1) is 4.22. The topological polar surface area (TPSA) is 46.5 Å². The molecular weight excluding hydrogens is 120 g/mol. The standard InChI is InChI=1S/C6H12O3/c1-3-5(7)6(8)9-4-2/h5,7H,3-4H2,1-2H3. The van der Waals surface area contributed by atoms with Crippen LogP contribution in [0, 0.1) is 0 Å². The third-order valence-electron chi connectivity index (χ3n) is 0.945. The molecule has 0 rings (SSSR count). The molecule has 0 fully saturated rings. The van der Waals surface area contributed by atoms with E-state index in [-0.39, 0.29) is 0 Å². The van der Waals surface area contributed by atoms with Crippen molar-refractivity contribution in [1.29, 1.82) is 0 Å². The summed E-state index contributed by atoms with van der Waals surface area (Å²) in [5, 5.41) is 8.78. The van der Waals surface area contributed by atoms with Crippen LogP contribution >= 0.6 is 0 Å². The summed E-state index contributed by atoms with van der Waals surface area (Å²) in [6.07, 6.45) is -0.524. The van der Waals surface area contributed by atoms with Crippen LogP contribution < -0.4 is 0 Å². The number of aliphatic hydroxyl groups excluding tert-OH is 1. The molecule has 1 N–H and O–H groups in total. The van der Waals surface area contributed by atoms with Gasteiger partial charge in [-0.1, -0.05) is 6.92 Å². The second kappa shape index (κ2) is 4.32. The molecule has 1 unspecified atom stereocenters. The van der Waals surface area contributed by atoms with Crippen LogP contribution in [0.3, 0.4) is 0 Å². The van der Waals surface area contributed by atoms with Gasteiger partial charge in [0.2, 0.25) is 0 Å². The van der Waals surface area contributed by atoms with E-state index in [1.807, 2.05) is 0 Å². The van der Waals surface area contributed by atoms with Crippen LogP contribution in [0.4, 0.5) is 0 Å². The SMILES string of the molecule is CCOC(=O)C(O)CC.